The molecule has 0 fully saturated rings. The third kappa shape index (κ3) is 4.44. The maximum absolute atomic E-state index is 4.08. The Labute approximate surface area is 228 Å². The molecule has 0 saturated heterocycles. The summed E-state index contributed by atoms with van der Waals surface area (Å²) in [5.74, 6) is 0. The van der Waals surface area contributed by atoms with Crippen molar-refractivity contribution < 1.29 is 0 Å². The minimum absolute atomic E-state index is 0.0348. The van der Waals surface area contributed by atoms with Gasteiger partial charge in [-0.15, -0.1) is 0 Å². The molecule has 3 aromatic carbocycles. The van der Waals surface area contributed by atoms with Crippen LogP contribution in [0.2, 0.25) is 0 Å². The van der Waals surface area contributed by atoms with Gasteiger partial charge in [0.25, 0.3) is 0 Å². The normalized spacial score (nSPS) is 15.1. The van der Waals surface area contributed by atoms with Gasteiger partial charge in [0.05, 0.1) is 15.7 Å². The largest absolute Gasteiger partial charge is 0.380 e. The van der Waals surface area contributed by atoms with Crippen LogP contribution in [0.3, 0.4) is 0 Å². The van der Waals surface area contributed by atoms with E-state index < -0.39 is 5.41 Å². The first kappa shape index (κ1) is 27.2. The molecule has 0 spiro atoms. The van der Waals surface area contributed by atoms with Crippen LogP contribution >= 0.6 is 0 Å². The third-order valence-corrected chi connectivity index (χ3v) is 9.03. The van der Waals surface area contributed by atoms with Gasteiger partial charge in [-0.2, -0.15) is 0 Å². The molecule has 37 heavy (non-hydrogen) atoms. The molecule has 0 heterocycles. The van der Waals surface area contributed by atoms with Gasteiger partial charge in [0.15, 0.2) is 0 Å². The van der Waals surface area contributed by atoms with E-state index in [2.05, 4.69) is 139 Å². The molecule has 0 aliphatic heterocycles. The predicted octanol–water partition coefficient (Wildman–Crippen LogP) is 8.07. The van der Waals surface area contributed by atoms with E-state index in [1.165, 1.54) is 66.9 Å². The Hall–Kier alpha value is -2.84. The van der Waals surface area contributed by atoms with Gasteiger partial charge < -0.3 is 5.32 Å². The van der Waals surface area contributed by atoms with Crippen molar-refractivity contribution in [3.63, 3.8) is 0 Å². The Balaban J connectivity index is 2.24. The first-order valence-electron chi connectivity index (χ1n) is 13.5. The van der Waals surface area contributed by atoms with Gasteiger partial charge in [-0.25, -0.2) is 0 Å². The summed E-state index contributed by atoms with van der Waals surface area (Å²) in [5, 5.41) is 4.87. The molecule has 0 amide bonds. The first-order chi connectivity index (χ1) is 17.3. The molecule has 191 valence electrons. The number of hydrogen-bond donors (Lipinski definition) is 1. The molecule has 0 saturated carbocycles. The molecule has 1 nitrogen and oxygen atoms in total. The quantitative estimate of drug-likeness (QED) is 0.274. The molecule has 3 radical (unpaired) electrons. The van der Waals surface area contributed by atoms with Crippen molar-refractivity contribution in [3.05, 3.63) is 116 Å². The number of rotatable bonds is 5. The van der Waals surface area contributed by atoms with Crippen LogP contribution in [0, 0.1) is 48.5 Å². The number of benzene rings is 3. The molecule has 0 aromatic heterocycles. The summed E-state index contributed by atoms with van der Waals surface area (Å²) in [6.45, 7) is 22.7. The molecule has 1 aliphatic carbocycles. The van der Waals surface area contributed by atoms with Crippen molar-refractivity contribution in [1.82, 2.24) is 0 Å². The summed E-state index contributed by atoms with van der Waals surface area (Å²) in [4.78, 5) is 0. The average molecular weight is 505 g/mol. The van der Waals surface area contributed by atoms with E-state index >= 15 is 0 Å². The number of hydrogen-bond acceptors (Lipinski definition) is 1. The summed E-state index contributed by atoms with van der Waals surface area (Å²) in [5.41, 5.74) is 15.9. The molecular weight excluding hydrogens is 462 g/mol. The van der Waals surface area contributed by atoms with Crippen LogP contribution in [0.25, 0.3) is 0 Å². The lowest BCUT2D eigenvalue weighted by atomic mass is 9.60. The Bertz CT molecular complexity index is 1390. The maximum atomic E-state index is 4.08. The highest BCUT2D eigenvalue weighted by Crippen LogP contribution is 2.52. The van der Waals surface area contributed by atoms with E-state index in [1.807, 2.05) is 0 Å². The van der Waals surface area contributed by atoms with Gasteiger partial charge in [0.1, 0.15) is 0 Å². The molecule has 2 heteroatoms. The van der Waals surface area contributed by atoms with Crippen molar-refractivity contribution in [3.8, 4) is 0 Å². The number of anilines is 1. The Kier molecular flexibility index (Phi) is 7.20. The fraction of sp³-hybridized carbons (Fsp3) is 0.371. The summed E-state index contributed by atoms with van der Waals surface area (Å²) >= 11 is 0. The molecule has 1 N–H and O–H groups in total. The van der Waals surface area contributed by atoms with Gasteiger partial charge in [0.2, 0.25) is 0 Å². The van der Waals surface area contributed by atoms with Crippen LogP contribution in [-0.2, 0) is 5.41 Å². The fourth-order valence-corrected chi connectivity index (χ4v) is 6.67. The lowest BCUT2D eigenvalue weighted by Crippen LogP contribution is -2.37. The Morgan fingerprint density at radius 3 is 1.81 bits per heavy atom. The second-order valence-electron chi connectivity index (χ2n) is 11.9. The van der Waals surface area contributed by atoms with Crippen LogP contribution in [0.1, 0.15) is 82.8 Å². The molecule has 1 atom stereocenters. The van der Waals surface area contributed by atoms with E-state index in [0.717, 1.165) is 11.6 Å². The summed E-state index contributed by atoms with van der Waals surface area (Å²) in [6.07, 6.45) is 7.84. The molecule has 1 unspecified atom stereocenters. The van der Waals surface area contributed by atoms with E-state index in [0.29, 0.717) is 0 Å². The highest BCUT2D eigenvalue weighted by molar-refractivity contribution is 6.36. The second kappa shape index (κ2) is 9.80. The third-order valence-electron chi connectivity index (χ3n) is 8.64. The SMILES string of the molecule is Cc1c(C(C2=CC=CC2)(c2ccccc2)c2c(C)c(C)c(C)c(C)c2C)cc([Si])c(NC(C)(C)C)c1C. The smallest absolute Gasteiger partial charge is 0.0741 e. The molecule has 4 rings (SSSR count). The van der Waals surface area contributed by atoms with Crippen molar-refractivity contribution in [2.24, 2.45) is 0 Å². The Morgan fingerprint density at radius 1 is 0.730 bits per heavy atom. The topological polar surface area (TPSA) is 12.0 Å². The predicted molar refractivity (Wildman–Crippen MR) is 163 cm³/mol. The first-order valence-corrected chi connectivity index (χ1v) is 14.0. The van der Waals surface area contributed by atoms with Crippen LogP contribution < -0.4 is 10.5 Å². The number of nitrogens with one attached hydrogen (secondary N) is 1. The van der Waals surface area contributed by atoms with Gasteiger partial charge in [0, 0.05) is 11.2 Å². The zero-order chi connectivity index (χ0) is 27.3. The van der Waals surface area contributed by atoms with Gasteiger partial charge in [-0.05, 0) is 142 Å². The van der Waals surface area contributed by atoms with E-state index in [4.69, 9.17) is 0 Å². The van der Waals surface area contributed by atoms with E-state index in [1.54, 1.807) is 0 Å². The van der Waals surface area contributed by atoms with E-state index in [-0.39, 0.29) is 5.54 Å². The Morgan fingerprint density at radius 2 is 1.30 bits per heavy atom. The lowest BCUT2D eigenvalue weighted by molar-refractivity contribution is 0.633. The standard InChI is InChI=1S/C35H42NSi/c1-21-22(2)25(5)32(26(6)23(21)3)35(29-18-14-15-19-29,28-16-12-11-13-17-28)30-20-31(37)33(27(7)24(30)4)36-34(8,9)10/h11-18,20,36H,19H2,1-10H3. The zero-order valence-electron chi connectivity index (χ0n) is 24.4. The molecule has 3 aromatic rings. The number of allylic oxidation sites excluding steroid dienone is 4. The van der Waals surface area contributed by atoms with Crippen molar-refractivity contribution >= 4 is 21.1 Å². The summed E-state index contributed by atoms with van der Waals surface area (Å²) in [6, 6.07) is 13.6. The van der Waals surface area contributed by atoms with Crippen LogP contribution in [0.5, 0.6) is 0 Å². The second-order valence-corrected chi connectivity index (χ2v) is 12.5. The minimum atomic E-state index is -0.404. The average Bonchev–Trinajstić information content (AvgIpc) is 3.40. The van der Waals surface area contributed by atoms with Crippen LogP contribution in [0.4, 0.5) is 5.69 Å². The van der Waals surface area contributed by atoms with Gasteiger partial charge >= 0.3 is 0 Å². The van der Waals surface area contributed by atoms with Crippen LogP contribution in [0.15, 0.2) is 60.2 Å². The molecule has 0 bridgehead atoms. The highest BCUT2D eigenvalue weighted by atomic mass is 28.1. The lowest BCUT2D eigenvalue weighted by Gasteiger charge is -2.43. The van der Waals surface area contributed by atoms with Crippen molar-refractivity contribution in [2.75, 3.05) is 5.32 Å². The van der Waals surface area contributed by atoms with Gasteiger partial charge in [-0.1, -0.05) is 54.6 Å². The maximum Gasteiger partial charge on any atom is 0.0741 e. The molecular formula is C35H42NSi. The van der Waals surface area contributed by atoms with Crippen molar-refractivity contribution in [1.29, 1.82) is 0 Å². The van der Waals surface area contributed by atoms with Gasteiger partial charge in [-0.3, -0.25) is 0 Å². The summed E-state index contributed by atoms with van der Waals surface area (Å²) in [7, 11) is 4.08. The minimum Gasteiger partial charge on any atom is -0.380 e. The highest BCUT2D eigenvalue weighted by Gasteiger charge is 2.44. The zero-order valence-corrected chi connectivity index (χ0v) is 25.4. The fourth-order valence-electron chi connectivity index (χ4n) is 6.27. The monoisotopic (exact) mass is 504 g/mol. The summed E-state index contributed by atoms with van der Waals surface area (Å²) < 4.78 is 0. The van der Waals surface area contributed by atoms with E-state index in [9.17, 15) is 0 Å². The van der Waals surface area contributed by atoms with Crippen molar-refractivity contribution in [2.45, 2.75) is 86.6 Å². The molecule has 1 aliphatic rings. The van der Waals surface area contributed by atoms with Crippen LogP contribution in [-0.4, -0.2) is 15.8 Å².